The van der Waals surface area contributed by atoms with Crippen molar-refractivity contribution in [3.8, 4) is 11.5 Å². The predicted molar refractivity (Wildman–Crippen MR) is 100 cm³/mol. The molecule has 3 heterocycles. The van der Waals surface area contributed by atoms with Crippen LogP contribution in [-0.2, 0) is 0 Å². The van der Waals surface area contributed by atoms with E-state index in [0.29, 0.717) is 6.61 Å². The first-order valence-corrected chi connectivity index (χ1v) is 9.11. The van der Waals surface area contributed by atoms with E-state index < -0.39 is 4.92 Å². The number of hydrogen-bond donors (Lipinski definition) is 1. The van der Waals surface area contributed by atoms with E-state index in [4.69, 9.17) is 15.2 Å². The van der Waals surface area contributed by atoms with Crippen LogP contribution in [0.2, 0.25) is 0 Å². The van der Waals surface area contributed by atoms with Crippen molar-refractivity contribution in [1.29, 1.82) is 0 Å². The Kier molecular flexibility index (Phi) is 4.81. The highest BCUT2D eigenvalue weighted by atomic mass is 16.6. The van der Waals surface area contributed by atoms with Crippen molar-refractivity contribution in [3.05, 3.63) is 52.2 Å². The van der Waals surface area contributed by atoms with Gasteiger partial charge in [0.15, 0.2) is 11.5 Å². The molecular formula is C19H22N4O4. The summed E-state index contributed by atoms with van der Waals surface area (Å²) in [5, 5.41) is 11.1. The molecule has 2 atom stereocenters. The van der Waals surface area contributed by atoms with E-state index in [9.17, 15) is 10.1 Å². The fraction of sp³-hybridized carbons (Fsp3) is 0.421. The number of nitrogens with two attached hydrogens (primary N) is 1. The van der Waals surface area contributed by atoms with Gasteiger partial charge in [-0.25, -0.2) is 0 Å². The Morgan fingerprint density at radius 1 is 1.30 bits per heavy atom. The molecule has 1 saturated heterocycles. The first-order valence-electron chi connectivity index (χ1n) is 9.11. The molecule has 0 unspecified atom stereocenters. The minimum absolute atomic E-state index is 0.0391. The van der Waals surface area contributed by atoms with Crippen LogP contribution in [0.1, 0.15) is 24.3 Å². The molecule has 0 amide bonds. The number of piperidine rings is 1. The van der Waals surface area contributed by atoms with E-state index in [1.54, 1.807) is 6.07 Å². The molecule has 0 aliphatic carbocycles. The van der Waals surface area contributed by atoms with Gasteiger partial charge in [0.05, 0.1) is 0 Å². The van der Waals surface area contributed by atoms with Crippen molar-refractivity contribution >= 4 is 11.5 Å². The first-order chi connectivity index (χ1) is 13.1. The highest BCUT2D eigenvalue weighted by Gasteiger charge is 2.29. The number of likely N-dealkylation sites (tertiary alicyclic amines) is 1. The fourth-order valence-electron chi connectivity index (χ4n) is 3.89. The summed E-state index contributed by atoms with van der Waals surface area (Å²) in [5.74, 6) is 1.45. The van der Waals surface area contributed by atoms with Crippen molar-refractivity contribution in [3.63, 3.8) is 0 Å². The summed E-state index contributed by atoms with van der Waals surface area (Å²) < 4.78 is 11.9. The quantitative estimate of drug-likeness (QED) is 0.651. The van der Waals surface area contributed by atoms with Gasteiger partial charge in [-0.3, -0.25) is 4.90 Å². The lowest BCUT2D eigenvalue weighted by molar-refractivity contribution is -0.388. The molecule has 1 fully saturated rings. The van der Waals surface area contributed by atoms with E-state index >= 15 is 0 Å². The van der Waals surface area contributed by atoms with Crippen LogP contribution >= 0.6 is 0 Å². The topological polar surface area (TPSA) is 104 Å². The van der Waals surface area contributed by atoms with Crippen molar-refractivity contribution < 1.29 is 14.4 Å². The molecule has 4 rings (SSSR count). The summed E-state index contributed by atoms with van der Waals surface area (Å²) in [7, 11) is 0. The smallest absolute Gasteiger partial charge is 0.386 e. The van der Waals surface area contributed by atoms with Crippen LogP contribution < -0.4 is 15.2 Å². The molecule has 142 valence electrons. The zero-order chi connectivity index (χ0) is 18.8. The van der Waals surface area contributed by atoms with Crippen LogP contribution in [0, 0.1) is 10.1 Å². The monoisotopic (exact) mass is 370 g/mol. The third-order valence-electron chi connectivity index (χ3n) is 5.15. The molecule has 2 aliphatic rings. The van der Waals surface area contributed by atoms with Crippen LogP contribution in [0.3, 0.4) is 0 Å². The number of fused-ring (bicyclic) bond motifs is 1. The SMILES string of the molecule is Nc1c([C@@H]2CCCN(C[C@H]3COc4ccccc4O3)C2)ccnc1[N+](=O)[O-]. The normalized spacial score (nSPS) is 22.4. The van der Waals surface area contributed by atoms with Gasteiger partial charge in [0.25, 0.3) is 0 Å². The van der Waals surface area contributed by atoms with Crippen molar-refractivity contribution in [2.75, 3.05) is 32.0 Å². The third kappa shape index (κ3) is 3.66. The lowest BCUT2D eigenvalue weighted by Crippen LogP contribution is -2.44. The molecule has 8 nitrogen and oxygen atoms in total. The van der Waals surface area contributed by atoms with Crippen LogP contribution in [0.15, 0.2) is 36.5 Å². The van der Waals surface area contributed by atoms with E-state index in [1.165, 1.54) is 6.20 Å². The van der Waals surface area contributed by atoms with Gasteiger partial charge >= 0.3 is 5.82 Å². The number of ether oxygens (including phenoxy) is 2. The Balaban J connectivity index is 1.44. The van der Waals surface area contributed by atoms with Gasteiger partial charge in [-0.15, -0.1) is 0 Å². The van der Waals surface area contributed by atoms with Gasteiger partial charge in [-0.2, -0.15) is 0 Å². The van der Waals surface area contributed by atoms with Crippen LogP contribution in [0.4, 0.5) is 11.5 Å². The number of aromatic nitrogens is 1. The van der Waals surface area contributed by atoms with Gasteiger partial charge in [0, 0.05) is 13.1 Å². The summed E-state index contributed by atoms with van der Waals surface area (Å²) in [6.45, 7) is 3.01. The zero-order valence-corrected chi connectivity index (χ0v) is 14.9. The van der Waals surface area contributed by atoms with Gasteiger partial charge in [0.1, 0.15) is 24.6 Å². The van der Waals surface area contributed by atoms with Gasteiger partial charge < -0.3 is 25.3 Å². The number of rotatable bonds is 4. The van der Waals surface area contributed by atoms with E-state index in [1.807, 2.05) is 24.3 Å². The van der Waals surface area contributed by atoms with Crippen molar-refractivity contribution in [2.45, 2.75) is 24.9 Å². The van der Waals surface area contributed by atoms with Crippen molar-refractivity contribution in [1.82, 2.24) is 9.88 Å². The summed E-state index contributed by atoms with van der Waals surface area (Å²) in [5.41, 5.74) is 7.02. The molecule has 0 radical (unpaired) electrons. The molecule has 27 heavy (non-hydrogen) atoms. The molecular weight excluding hydrogens is 348 g/mol. The number of anilines is 1. The van der Waals surface area contributed by atoms with Crippen molar-refractivity contribution in [2.24, 2.45) is 0 Å². The Morgan fingerprint density at radius 2 is 2.11 bits per heavy atom. The summed E-state index contributed by atoms with van der Waals surface area (Å²) in [6.07, 6.45) is 3.39. The fourth-order valence-corrected chi connectivity index (χ4v) is 3.89. The second-order valence-electron chi connectivity index (χ2n) is 6.99. The number of hydrogen-bond acceptors (Lipinski definition) is 7. The Morgan fingerprint density at radius 3 is 2.93 bits per heavy atom. The minimum Gasteiger partial charge on any atom is -0.486 e. The Labute approximate surface area is 157 Å². The van der Waals surface area contributed by atoms with Gasteiger partial charge in [-0.1, -0.05) is 12.1 Å². The summed E-state index contributed by atoms with van der Waals surface area (Å²) in [6, 6.07) is 9.47. The third-order valence-corrected chi connectivity index (χ3v) is 5.15. The molecule has 0 spiro atoms. The summed E-state index contributed by atoms with van der Waals surface area (Å²) in [4.78, 5) is 16.7. The first kappa shape index (κ1) is 17.5. The number of nitrogen functional groups attached to an aromatic ring is 1. The molecule has 2 N–H and O–H groups in total. The van der Waals surface area contributed by atoms with E-state index in [2.05, 4.69) is 9.88 Å². The van der Waals surface area contributed by atoms with E-state index in [-0.39, 0.29) is 23.5 Å². The highest BCUT2D eigenvalue weighted by Crippen LogP contribution is 2.35. The zero-order valence-electron chi connectivity index (χ0n) is 14.9. The van der Waals surface area contributed by atoms with Crippen LogP contribution in [-0.4, -0.2) is 47.2 Å². The lowest BCUT2D eigenvalue weighted by Gasteiger charge is -2.36. The minimum atomic E-state index is -0.524. The van der Waals surface area contributed by atoms with E-state index in [0.717, 1.165) is 49.5 Å². The number of nitrogens with zero attached hydrogens (tertiary/aromatic N) is 3. The number of pyridine rings is 1. The molecule has 1 aromatic heterocycles. The Bertz CT molecular complexity index is 844. The average Bonchev–Trinajstić information content (AvgIpc) is 2.68. The lowest BCUT2D eigenvalue weighted by atomic mass is 9.90. The maximum absolute atomic E-state index is 11.1. The second kappa shape index (κ2) is 7.40. The maximum atomic E-state index is 11.1. The standard InChI is InChI=1S/C19H22N4O4/c20-18-15(7-8-21-19(18)23(24)25)13-4-3-9-22(10-13)11-14-12-26-16-5-1-2-6-17(16)27-14/h1-2,5-8,13-14H,3-4,9-12,20H2/t13-,14+/m1/s1. The number of benzene rings is 1. The molecule has 8 heteroatoms. The number of para-hydroxylation sites is 2. The molecule has 0 bridgehead atoms. The summed E-state index contributed by atoms with van der Waals surface area (Å²) >= 11 is 0. The second-order valence-corrected chi connectivity index (χ2v) is 6.99. The molecule has 1 aromatic carbocycles. The van der Waals surface area contributed by atoms with Crippen LogP contribution in [0.25, 0.3) is 0 Å². The molecule has 2 aliphatic heterocycles. The van der Waals surface area contributed by atoms with Gasteiger partial charge in [0.2, 0.25) is 0 Å². The Hall–Kier alpha value is -2.87. The maximum Gasteiger partial charge on any atom is 0.386 e. The largest absolute Gasteiger partial charge is 0.486 e. The molecule has 0 saturated carbocycles. The highest BCUT2D eigenvalue weighted by molar-refractivity contribution is 5.60. The molecule has 2 aromatic rings. The van der Waals surface area contributed by atoms with Gasteiger partial charge in [-0.05, 0) is 59.0 Å². The van der Waals surface area contributed by atoms with Crippen LogP contribution in [0.5, 0.6) is 11.5 Å². The predicted octanol–water partition coefficient (Wildman–Crippen LogP) is 2.59. The average molecular weight is 370 g/mol. The number of nitro groups is 1.